The molecule has 0 saturated heterocycles. The molecule has 3 aromatic rings. The lowest BCUT2D eigenvalue weighted by Crippen LogP contribution is -2.09. The van der Waals surface area contributed by atoms with E-state index < -0.39 is 63.9 Å². The van der Waals surface area contributed by atoms with Crippen LogP contribution in [-0.2, 0) is 0 Å². The first-order valence-corrected chi connectivity index (χ1v) is 6.84. The minimum atomic E-state index is -1.75. The van der Waals surface area contributed by atoms with Gasteiger partial charge in [0.05, 0.1) is 5.56 Å². The second kappa shape index (κ2) is 6.50. The van der Waals surface area contributed by atoms with Gasteiger partial charge in [0.2, 0.25) is 11.9 Å². The van der Waals surface area contributed by atoms with Crippen molar-refractivity contribution >= 4 is 17.6 Å². The van der Waals surface area contributed by atoms with E-state index in [1.165, 1.54) is 0 Å². The molecular formula is C15H7F6N5. The minimum absolute atomic E-state index is 0.0117. The molecule has 0 radical (unpaired) electrons. The highest BCUT2D eigenvalue weighted by Gasteiger charge is 2.21. The largest absolute Gasteiger partial charge is 0.368 e. The van der Waals surface area contributed by atoms with Crippen LogP contribution in [0.15, 0.2) is 24.3 Å². The molecule has 1 heterocycles. The number of aromatic nitrogens is 3. The van der Waals surface area contributed by atoms with Gasteiger partial charge in [-0.1, -0.05) is 6.07 Å². The molecule has 3 rings (SSSR count). The van der Waals surface area contributed by atoms with E-state index in [4.69, 9.17) is 5.73 Å². The van der Waals surface area contributed by atoms with Gasteiger partial charge >= 0.3 is 0 Å². The fraction of sp³-hybridized carbons (Fsp3) is 0. The van der Waals surface area contributed by atoms with Gasteiger partial charge in [-0.15, -0.1) is 0 Å². The van der Waals surface area contributed by atoms with Crippen LogP contribution in [0.1, 0.15) is 0 Å². The van der Waals surface area contributed by atoms with Gasteiger partial charge in [0.15, 0.2) is 29.1 Å². The van der Waals surface area contributed by atoms with Crippen molar-refractivity contribution in [3.05, 3.63) is 59.2 Å². The number of nitrogens with zero attached hydrogens (tertiary/aromatic N) is 3. The molecule has 0 aliphatic rings. The fourth-order valence-electron chi connectivity index (χ4n) is 2.07. The van der Waals surface area contributed by atoms with Gasteiger partial charge in [0, 0.05) is 6.07 Å². The Kier molecular flexibility index (Phi) is 4.36. The molecule has 11 heteroatoms. The predicted octanol–water partition coefficient (Wildman–Crippen LogP) is 3.70. The van der Waals surface area contributed by atoms with Crippen LogP contribution in [-0.4, -0.2) is 15.0 Å². The molecule has 5 nitrogen and oxygen atoms in total. The van der Waals surface area contributed by atoms with Crippen LogP contribution in [0.2, 0.25) is 0 Å². The standard InChI is InChI=1S/C15H7F6N5/c16-5-2-1-3-6(17)9(5)13-24-14(22)26-15(25-13)23-12-10(20)7(18)4-8(19)11(12)21/h1-4H,(H3,22,23,24,25,26). The lowest BCUT2D eigenvalue weighted by atomic mass is 10.2. The Balaban J connectivity index is 2.11. The highest BCUT2D eigenvalue weighted by Crippen LogP contribution is 2.28. The van der Waals surface area contributed by atoms with Gasteiger partial charge in [-0.25, -0.2) is 26.3 Å². The van der Waals surface area contributed by atoms with Crippen molar-refractivity contribution in [1.82, 2.24) is 15.0 Å². The second-order valence-corrected chi connectivity index (χ2v) is 4.91. The lowest BCUT2D eigenvalue weighted by molar-refractivity contribution is 0.459. The fourth-order valence-corrected chi connectivity index (χ4v) is 2.07. The summed E-state index contributed by atoms with van der Waals surface area (Å²) in [6, 6.07) is 2.95. The van der Waals surface area contributed by atoms with E-state index in [1.54, 1.807) is 0 Å². The molecule has 0 bridgehead atoms. The molecular weight excluding hydrogens is 364 g/mol. The molecule has 0 spiro atoms. The molecule has 134 valence electrons. The van der Waals surface area contributed by atoms with Crippen molar-refractivity contribution in [2.24, 2.45) is 0 Å². The third kappa shape index (κ3) is 3.10. The van der Waals surface area contributed by atoms with Gasteiger partial charge < -0.3 is 11.1 Å². The summed E-state index contributed by atoms with van der Waals surface area (Å²) >= 11 is 0. The van der Waals surface area contributed by atoms with Crippen molar-refractivity contribution in [2.45, 2.75) is 0 Å². The molecule has 26 heavy (non-hydrogen) atoms. The van der Waals surface area contributed by atoms with Crippen LogP contribution in [0.5, 0.6) is 0 Å². The first kappa shape index (κ1) is 17.5. The zero-order chi connectivity index (χ0) is 19.0. The molecule has 1 aromatic heterocycles. The average molecular weight is 371 g/mol. The number of rotatable bonds is 3. The molecule has 3 N–H and O–H groups in total. The average Bonchev–Trinajstić information content (AvgIpc) is 2.56. The van der Waals surface area contributed by atoms with Gasteiger partial charge in [-0.3, -0.25) is 0 Å². The van der Waals surface area contributed by atoms with Gasteiger partial charge in [0.25, 0.3) is 0 Å². The molecule has 2 aromatic carbocycles. The quantitative estimate of drug-likeness (QED) is 0.542. The molecule has 0 amide bonds. The van der Waals surface area contributed by atoms with Crippen LogP contribution in [0.3, 0.4) is 0 Å². The van der Waals surface area contributed by atoms with E-state index in [0.29, 0.717) is 0 Å². The first-order chi connectivity index (χ1) is 12.3. The number of nitrogen functional groups attached to an aromatic ring is 1. The highest BCUT2D eigenvalue weighted by molar-refractivity contribution is 5.62. The number of halogens is 6. The summed E-state index contributed by atoms with van der Waals surface area (Å²) in [5.74, 6) is -10.7. The summed E-state index contributed by atoms with van der Waals surface area (Å²) in [5, 5.41) is 1.89. The van der Waals surface area contributed by atoms with Crippen LogP contribution in [0, 0.1) is 34.9 Å². The summed E-state index contributed by atoms with van der Waals surface area (Å²) in [6.07, 6.45) is 0. The van der Waals surface area contributed by atoms with Crippen molar-refractivity contribution < 1.29 is 26.3 Å². The zero-order valence-corrected chi connectivity index (χ0v) is 12.5. The summed E-state index contributed by atoms with van der Waals surface area (Å²) in [4.78, 5) is 10.6. The van der Waals surface area contributed by atoms with E-state index in [0.717, 1.165) is 18.2 Å². The SMILES string of the molecule is Nc1nc(Nc2c(F)c(F)cc(F)c2F)nc(-c2c(F)cccc2F)n1. The summed E-state index contributed by atoms with van der Waals surface area (Å²) in [7, 11) is 0. The molecule has 0 fully saturated rings. The topological polar surface area (TPSA) is 76.7 Å². The number of hydrogen-bond acceptors (Lipinski definition) is 5. The first-order valence-electron chi connectivity index (χ1n) is 6.84. The Labute approximate surface area is 141 Å². The van der Waals surface area contributed by atoms with Gasteiger partial charge in [-0.05, 0) is 12.1 Å². The van der Waals surface area contributed by atoms with Crippen LogP contribution >= 0.6 is 0 Å². The monoisotopic (exact) mass is 371 g/mol. The summed E-state index contributed by atoms with van der Waals surface area (Å²) in [5.41, 5.74) is 3.49. The number of benzene rings is 2. The van der Waals surface area contributed by atoms with E-state index in [1.807, 2.05) is 5.32 Å². The van der Waals surface area contributed by atoms with E-state index >= 15 is 0 Å². The zero-order valence-electron chi connectivity index (χ0n) is 12.5. The maximum Gasteiger partial charge on any atom is 0.232 e. The lowest BCUT2D eigenvalue weighted by Gasteiger charge is -2.10. The van der Waals surface area contributed by atoms with Crippen molar-refractivity contribution in [1.29, 1.82) is 0 Å². The molecule has 0 atom stereocenters. The smallest absolute Gasteiger partial charge is 0.232 e. The molecule has 0 unspecified atom stereocenters. The van der Waals surface area contributed by atoms with Crippen molar-refractivity contribution in [3.63, 3.8) is 0 Å². The van der Waals surface area contributed by atoms with E-state index in [-0.39, 0.29) is 6.07 Å². The second-order valence-electron chi connectivity index (χ2n) is 4.91. The Morgan fingerprint density at radius 2 is 1.35 bits per heavy atom. The van der Waals surface area contributed by atoms with Gasteiger partial charge in [0.1, 0.15) is 17.3 Å². The summed E-state index contributed by atoms with van der Waals surface area (Å²) in [6.45, 7) is 0. The maximum atomic E-state index is 13.8. The number of anilines is 3. The third-order valence-electron chi connectivity index (χ3n) is 3.19. The minimum Gasteiger partial charge on any atom is -0.368 e. The Bertz CT molecular complexity index is 964. The van der Waals surface area contributed by atoms with Crippen molar-refractivity contribution in [3.8, 4) is 11.4 Å². The normalized spacial score (nSPS) is 10.8. The van der Waals surface area contributed by atoms with Crippen molar-refractivity contribution in [2.75, 3.05) is 11.1 Å². The summed E-state index contributed by atoms with van der Waals surface area (Å²) < 4.78 is 81.6. The third-order valence-corrected chi connectivity index (χ3v) is 3.19. The molecule has 0 aliphatic heterocycles. The van der Waals surface area contributed by atoms with E-state index in [9.17, 15) is 26.3 Å². The van der Waals surface area contributed by atoms with Crippen LogP contribution < -0.4 is 11.1 Å². The number of nitrogens with two attached hydrogens (primary N) is 1. The van der Waals surface area contributed by atoms with Crippen LogP contribution in [0.25, 0.3) is 11.4 Å². The Morgan fingerprint density at radius 3 is 1.92 bits per heavy atom. The predicted molar refractivity (Wildman–Crippen MR) is 79.1 cm³/mol. The Morgan fingerprint density at radius 1 is 0.769 bits per heavy atom. The number of nitrogens with one attached hydrogen (secondary N) is 1. The molecule has 0 saturated carbocycles. The van der Waals surface area contributed by atoms with Crippen LogP contribution in [0.4, 0.5) is 43.9 Å². The number of hydrogen-bond donors (Lipinski definition) is 2. The maximum absolute atomic E-state index is 13.8. The van der Waals surface area contributed by atoms with E-state index in [2.05, 4.69) is 15.0 Å². The Hall–Kier alpha value is -3.37. The molecule has 0 aliphatic carbocycles. The highest BCUT2D eigenvalue weighted by atomic mass is 19.2. The van der Waals surface area contributed by atoms with Gasteiger partial charge in [-0.2, -0.15) is 15.0 Å².